The number of carbonyl (C=O) groups is 2. The molecule has 0 saturated carbocycles. The van der Waals surface area contributed by atoms with E-state index in [9.17, 15) is 9.59 Å². The molecule has 3 nitrogen and oxygen atoms in total. The van der Waals surface area contributed by atoms with E-state index in [1.807, 2.05) is 30.3 Å². The summed E-state index contributed by atoms with van der Waals surface area (Å²) >= 11 is 0. The van der Waals surface area contributed by atoms with Crippen LogP contribution in [0.15, 0.2) is 43.0 Å². The third-order valence-electron chi connectivity index (χ3n) is 4.86. The minimum absolute atomic E-state index is 0.0693. The number of allylic oxidation sites excluding steroid dienone is 1. The monoisotopic (exact) mass is 371 g/mol. The Bertz CT molecular complexity index is 539. The molecule has 1 unspecified atom stereocenters. The van der Waals surface area contributed by atoms with E-state index in [0.717, 1.165) is 18.4 Å². The first-order valence-corrected chi connectivity index (χ1v) is 10.6. The molecule has 150 valence electrons. The highest BCUT2D eigenvalue weighted by Crippen LogP contribution is 2.12. The molecule has 0 saturated heterocycles. The lowest BCUT2D eigenvalue weighted by atomic mass is 9.98. The third-order valence-corrected chi connectivity index (χ3v) is 4.86. The number of rotatable bonds is 16. The van der Waals surface area contributed by atoms with Crippen molar-refractivity contribution in [1.82, 2.24) is 5.32 Å². The van der Waals surface area contributed by atoms with Crippen LogP contribution in [0.3, 0.4) is 0 Å². The van der Waals surface area contributed by atoms with E-state index in [2.05, 4.69) is 18.8 Å². The lowest BCUT2D eigenvalue weighted by Crippen LogP contribution is -2.42. The van der Waals surface area contributed by atoms with E-state index in [4.69, 9.17) is 0 Å². The summed E-state index contributed by atoms with van der Waals surface area (Å²) in [6.07, 6.45) is 13.6. The number of Topliss-reactive ketones (excluding diaryl/α,β-unsaturated/α-hetero) is 1. The van der Waals surface area contributed by atoms with Crippen LogP contribution in [-0.4, -0.2) is 17.7 Å². The van der Waals surface area contributed by atoms with Crippen molar-refractivity contribution in [3.8, 4) is 0 Å². The van der Waals surface area contributed by atoms with Gasteiger partial charge in [-0.15, -0.1) is 6.58 Å². The van der Waals surface area contributed by atoms with Crippen molar-refractivity contribution < 1.29 is 9.59 Å². The van der Waals surface area contributed by atoms with E-state index >= 15 is 0 Å². The van der Waals surface area contributed by atoms with Gasteiger partial charge < -0.3 is 5.32 Å². The Hall–Kier alpha value is -1.90. The smallest absolute Gasteiger partial charge is 0.220 e. The number of amides is 1. The van der Waals surface area contributed by atoms with E-state index < -0.39 is 6.04 Å². The molecular formula is C24H37NO2. The van der Waals surface area contributed by atoms with Crippen LogP contribution in [0.1, 0.15) is 83.1 Å². The summed E-state index contributed by atoms with van der Waals surface area (Å²) in [5.41, 5.74) is 1.08. The van der Waals surface area contributed by atoms with E-state index in [1.165, 1.54) is 38.5 Å². The molecule has 1 aromatic rings. The second-order valence-corrected chi connectivity index (χ2v) is 7.33. The summed E-state index contributed by atoms with van der Waals surface area (Å²) in [4.78, 5) is 24.8. The molecule has 0 aromatic heterocycles. The van der Waals surface area contributed by atoms with Crippen molar-refractivity contribution in [2.75, 3.05) is 0 Å². The Morgan fingerprint density at radius 3 is 2.22 bits per heavy atom. The van der Waals surface area contributed by atoms with Gasteiger partial charge in [-0.3, -0.25) is 9.59 Å². The fraction of sp³-hybridized carbons (Fsp3) is 0.583. The van der Waals surface area contributed by atoms with E-state index in [0.29, 0.717) is 25.7 Å². The van der Waals surface area contributed by atoms with Gasteiger partial charge in [0, 0.05) is 12.8 Å². The Balaban J connectivity index is 2.42. The Morgan fingerprint density at radius 2 is 1.59 bits per heavy atom. The first kappa shape index (κ1) is 23.1. The van der Waals surface area contributed by atoms with Crippen LogP contribution in [0.25, 0.3) is 0 Å². The highest BCUT2D eigenvalue weighted by molar-refractivity contribution is 5.89. The molecule has 0 aliphatic carbocycles. The second-order valence-electron chi connectivity index (χ2n) is 7.33. The molecule has 0 aliphatic heterocycles. The molecule has 0 bridgehead atoms. The van der Waals surface area contributed by atoms with Gasteiger partial charge in [0.2, 0.25) is 5.91 Å². The molecule has 1 rings (SSSR count). The van der Waals surface area contributed by atoms with E-state index in [1.54, 1.807) is 6.08 Å². The summed E-state index contributed by atoms with van der Waals surface area (Å²) in [7, 11) is 0. The SMILES string of the molecule is C=CCCC(=O)NC(Cc1ccccc1)C(=O)CCCCCCCCCC. The van der Waals surface area contributed by atoms with Crippen molar-refractivity contribution in [1.29, 1.82) is 0 Å². The number of benzene rings is 1. The van der Waals surface area contributed by atoms with Crippen molar-refractivity contribution in [2.45, 2.75) is 90.0 Å². The lowest BCUT2D eigenvalue weighted by molar-refractivity contribution is -0.127. The summed E-state index contributed by atoms with van der Waals surface area (Å²) < 4.78 is 0. The van der Waals surface area contributed by atoms with Crippen LogP contribution in [0.2, 0.25) is 0 Å². The van der Waals surface area contributed by atoms with Crippen molar-refractivity contribution >= 4 is 11.7 Å². The zero-order chi connectivity index (χ0) is 19.7. The predicted octanol–water partition coefficient (Wildman–Crippen LogP) is 5.78. The standard InChI is InChI=1S/C24H37NO2/c1-3-5-7-8-9-10-11-15-18-23(26)22(25-24(27)19-6-4-2)20-21-16-13-12-14-17-21/h4,12-14,16-17,22H,2-3,5-11,15,18-20H2,1H3,(H,25,27). The van der Waals surface area contributed by atoms with Gasteiger partial charge in [0.1, 0.15) is 0 Å². The van der Waals surface area contributed by atoms with Gasteiger partial charge in [-0.25, -0.2) is 0 Å². The first-order valence-electron chi connectivity index (χ1n) is 10.6. The molecule has 0 spiro atoms. The molecule has 0 fully saturated rings. The number of unbranched alkanes of at least 4 members (excludes halogenated alkanes) is 7. The van der Waals surface area contributed by atoms with Crippen molar-refractivity contribution in [2.24, 2.45) is 0 Å². The van der Waals surface area contributed by atoms with Crippen molar-refractivity contribution in [3.63, 3.8) is 0 Å². The summed E-state index contributed by atoms with van der Waals surface area (Å²) in [5, 5.41) is 2.94. The largest absolute Gasteiger partial charge is 0.346 e. The average Bonchev–Trinajstić information content (AvgIpc) is 2.68. The van der Waals surface area contributed by atoms with Gasteiger partial charge in [0.05, 0.1) is 6.04 Å². The maximum Gasteiger partial charge on any atom is 0.220 e. The van der Waals surface area contributed by atoms with Crippen molar-refractivity contribution in [3.05, 3.63) is 48.6 Å². The molecule has 27 heavy (non-hydrogen) atoms. The molecule has 1 atom stereocenters. The van der Waals surface area contributed by atoms with E-state index in [-0.39, 0.29) is 11.7 Å². The first-order chi connectivity index (χ1) is 13.2. The zero-order valence-electron chi connectivity index (χ0n) is 17.1. The Morgan fingerprint density at radius 1 is 0.963 bits per heavy atom. The predicted molar refractivity (Wildman–Crippen MR) is 114 cm³/mol. The van der Waals surface area contributed by atoms with Gasteiger partial charge >= 0.3 is 0 Å². The van der Waals surface area contributed by atoms with Gasteiger partial charge in [-0.2, -0.15) is 0 Å². The zero-order valence-corrected chi connectivity index (χ0v) is 17.1. The molecule has 1 amide bonds. The quantitative estimate of drug-likeness (QED) is 0.296. The second kappa shape index (κ2) is 15.2. The molecular weight excluding hydrogens is 334 g/mol. The third kappa shape index (κ3) is 11.4. The summed E-state index contributed by atoms with van der Waals surface area (Å²) in [6.45, 7) is 5.88. The molecule has 1 N–H and O–H groups in total. The number of carbonyl (C=O) groups excluding carboxylic acids is 2. The Kier molecular flexibility index (Phi) is 13.0. The van der Waals surface area contributed by atoms with Gasteiger partial charge in [0.15, 0.2) is 5.78 Å². The maximum atomic E-state index is 12.7. The molecule has 1 aromatic carbocycles. The number of ketones is 1. The van der Waals surface area contributed by atoms with Gasteiger partial charge in [-0.05, 0) is 24.8 Å². The molecule has 0 radical (unpaired) electrons. The number of hydrogen-bond donors (Lipinski definition) is 1. The van der Waals surface area contributed by atoms with Crippen LogP contribution in [0.5, 0.6) is 0 Å². The van der Waals surface area contributed by atoms with Gasteiger partial charge in [0.25, 0.3) is 0 Å². The summed E-state index contributed by atoms with van der Waals surface area (Å²) in [6, 6.07) is 9.49. The number of hydrogen-bond acceptors (Lipinski definition) is 2. The molecule has 3 heteroatoms. The minimum Gasteiger partial charge on any atom is -0.346 e. The van der Waals surface area contributed by atoms with Crippen LogP contribution < -0.4 is 5.32 Å². The fourth-order valence-electron chi connectivity index (χ4n) is 3.20. The lowest BCUT2D eigenvalue weighted by Gasteiger charge is -2.18. The topological polar surface area (TPSA) is 46.2 Å². The Labute approximate surface area is 165 Å². The van der Waals surface area contributed by atoms with Crippen LogP contribution in [0.4, 0.5) is 0 Å². The van der Waals surface area contributed by atoms with Crippen LogP contribution in [-0.2, 0) is 16.0 Å². The molecule has 0 aliphatic rings. The van der Waals surface area contributed by atoms with Crippen LogP contribution in [0, 0.1) is 0 Å². The normalized spacial score (nSPS) is 11.7. The highest BCUT2D eigenvalue weighted by atomic mass is 16.2. The average molecular weight is 372 g/mol. The van der Waals surface area contributed by atoms with Gasteiger partial charge in [-0.1, -0.05) is 88.3 Å². The molecule has 0 heterocycles. The van der Waals surface area contributed by atoms with Crippen LogP contribution >= 0.6 is 0 Å². The fourth-order valence-corrected chi connectivity index (χ4v) is 3.20. The maximum absolute atomic E-state index is 12.7. The minimum atomic E-state index is -0.422. The highest BCUT2D eigenvalue weighted by Gasteiger charge is 2.20. The number of nitrogens with one attached hydrogen (secondary N) is 1. The summed E-state index contributed by atoms with van der Waals surface area (Å²) in [5.74, 6) is 0.0805.